The van der Waals surface area contributed by atoms with Crippen molar-refractivity contribution in [3.63, 3.8) is 0 Å². The van der Waals surface area contributed by atoms with Crippen molar-refractivity contribution in [2.24, 2.45) is 12.8 Å². The van der Waals surface area contributed by atoms with Gasteiger partial charge in [0.15, 0.2) is 5.82 Å². The molecule has 0 aliphatic rings. The van der Waals surface area contributed by atoms with E-state index in [4.69, 9.17) is 5.73 Å². The summed E-state index contributed by atoms with van der Waals surface area (Å²) in [4.78, 5) is 42.2. The van der Waals surface area contributed by atoms with Gasteiger partial charge in [-0.3, -0.25) is 14.4 Å². The molecule has 0 aliphatic heterocycles. The van der Waals surface area contributed by atoms with Crippen LogP contribution in [0.5, 0.6) is 0 Å². The largest absolute Gasteiger partial charge is 0.366 e. The normalized spacial score (nSPS) is 11.2. The van der Waals surface area contributed by atoms with Crippen LogP contribution >= 0.6 is 0 Å². The third kappa shape index (κ3) is 5.90. The fourth-order valence-corrected chi connectivity index (χ4v) is 4.28. The molecule has 8 heteroatoms. The Labute approximate surface area is 227 Å². The molecule has 3 aromatic carbocycles. The van der Waals surface area contributed by atoms with Gasteiger partial charge in [-0.05, 0) is 66.3 Å². The molecule has 200 valence electrons. The second-order valence-corrected chi connectivity index (χ2v) is 10.7. The molecular formula is C31H33N5O3. The lowest BCUT2D eigenvalue weighted by Crippen LogP contribution is -2.22. The summed E-state index contributed by atoms with van der Waals surface area (Å²) in [5.41, 5.74) is 11.2. The lowest BCUT2D eigenvalue weighted by Gasteiger charge is -2.19. The van der Waals surface area contributed by atoms with Crippen LogP contribution in [0.3, 0.4) is 0 Å². The number of hydrogen-bond donors (Lipinski definition) is 3. The molecule has 8 nitrogen and oxygen atoms in total. The van der Waals surface area contributed by atoms with Gasteiger partial charge in [0.1, 0.15) is 0 Å². The highest BCUT2D eigenvalue weighted by molar-refractivity contribution is 6.05. The number of amides is 2. The van der Waals surface area contributed by atoms with Gasteiger partial charge < -0.3 is 20.9 Å². The highest BCUT2D eigenvalue weighted by atomic mass is 16.2. The van der Waals surface area contributed by atoms with Crippen molar-refractivity contribution in [3.05, 3.63) is 105 Å². The first-order chi connectivity index (χ1) is 18.3. The zero-order chi connectivity index (χ0) is 28.5. The van der Waals surface area contributed by atoms with E-state index < -0.39 is 5.91 Å². The third-order valence-corrected chi connectivity index (χ3v) is 6.71. The predicted octanol–water partition coefficient (Wildman–Crippen LogP) is 5.46. The molecule has 0 radical (unpaired) electrons. The van der Waals surface area contributed by atoms with Crippen molar-refractivity contribution >= 4 is 29.0 Å². The van der Waals surface area contributed by atoms with Gasteiger partial charge in [-0.2, -0.15) is 0 Å². The Kier molecular flexibility index (Phi) is 7.40. The maximum absolute atomic E-state index is 13.0. The van der Waals surface area contributed by atoms with Gasteiger partial charge in [0.2, 0.25) is 5.91 Å². The summed E-state index contributed by atoms with van der Waals surface area (Å²) in [6, 6.07) is 18.3. The average Bonchev–Trinajstić information content (AvgIpc) is 2.88. The number of carbonyl (C=O) groups excluding carboxylic acids is 2. The van der Waals surface area contributed by atoms with E-state index in [9.17, 15) is 14.4 Å². The van der Waals surface area contributed by atoms with Crippen molar-refractivity contribution in [2.75, 3.05) is 10.6 Å². The molecule has 0 spiro atoms. The first-order valence-corrected chi connectivity index (χ1v) is 12.6. The highest BCUT2D eigenvalue weighted by Gasteiger charge is 2.17. The Morgan fingerprint density at radius 3 is 2.31 bits per heavy atom. The fraction of sp³-hybridized carbons (Fsp3) is 0.226. The number of carbonyl (C=O) groups is 2. The van der Waals surface area contributed by atoms with Gasteiger partial charge in [0, 0.05) is 41.3 Å². The van der Waals surface area contributed by atoms with Crippen LogP contribution in [0, 0.1) is 13.8 Å². The number of benzene rings is 3. The summed E-state index contributed by atoms with van der Waals surface area (Å²) in [7, 11) is 1.64. The Morgan fingerprint density at radius 2 is 1.67 bits per heavy atom. The number of hydrogen-bond acceptors (Lipinski definition) is 5. The number of aryl methyl sites for hydroxylation is 2. The van der Waals surface area contributed by atoms with Crippen LogP contribution in [0.15, 0.2) is 71.7 Å². The number of nitrogens with one attached hydrogen (secondary N) is 2. The summed E-state index contributed by atoms with van der Waals surface area (Å²) in [5.74, 6) is -0.663. The van der Waals surface area contributed by atoms with E-state index in [1.165, 1.54) is 4.57 Å². The molecule has 39 heavy (non-hydrogen) atoms. The maximum Gasteiger partial charge on any atom is 0.293 e. The molecule has 0 fully saturated rings. The number of nitrogens with zero attached hydrogens (tertiary/aromatic N) is 2. The van der Waals surface area contributed by atoms with Gasteiger partial charge >= 0.3 is 0 Å². The number of rotatable bonds is 6. The lowest BCUT2D eigenvalue weighted by molar-refractivity contribution is 0.0997. The van der Waals surface area contributed by atoms with Gasteiger partial charge in [-0.25, -0.2) is 4.98 Å². The minimum absolute atomic E-state index is 0.00000316. The molecule has 0 saturated carbocycles. The second-order valence-electron chi connectivity index (χ2n) is 10.7. The van der Waals surface area contributed by atoms with Gasteiger partial charge in [0.25, 0.3) is 11.5 Å². The van der Waals surface area contributed by atoms with Gasteiger partial charge in [0.05, 0.1) is 5.69 Å². The van der Waals surface area contributed by atoms with Crippen LogP contribution < -0.4 is 21.9 Å². The van der Waals surface area contributed by atoms with E-state index in [1.807, 2.05) is 49.4 Å². The Morgan fingerprint density at radius 1 is 0.974 bits per heavy atom. The molecule has 0 atom stereocenters. The van der Waals surface area contributed by atoms with Crippen LogP contribution in [0.25, 0.3) is 11.3 Å². The summed E-state index contributed by atoms with van der Waals surface area (Å²) < 4.78 is 1.44. The van der Waals surface area contributed by atoms with Crippen LogP contribution in [0.1, 0.15) is 58.2 Å². The van der Waals surface area contributed by atoms with Crippen molar-refractivity contribution in [2.45, 2.75) is 40.0 Å². The minimum Gasteiger partial charge on any atom is -0.366 e. The van der Waals surface area contributed by atoms with E-state index >= 15 is 0 Å². The zero-order valence-electron chi connectivity index (χ0n) is 23.0. The minimum atomic E-state index is -0.551. The topological polar surface area (TPSA) is 119 Å². The summed E-state index contributed by atoms with van der Waals surface area (Å²) in [6.07, 6.45) is 1.65. The molecule has 1 heterocycles. The number of primary amides is 1. The maximum atomic E-state index is 13.0. The third-order valence-electron chi connectivity index (χ3n) is 6.71. The van der Waals surface area contributed by atoms with E-state index in [0.29, 0.717) is 28.2 Å². The van der Waals surface area contributed by atoms with Crippen LogP contribution in [-0.2, 0) is 12.5 Å². The first-order valence-electron chi connectivity index (χ1n) is 12.6. The number of anilines is 3. The van der Waals surface area contributed by atoms with Crippen molar-refractivity contribution in [1.29, 1.82) is 0 Å². The van der Waals surface area contributed by atoms with Crippen molar-refractivity contribution in [1.82, 2.24) is 9.55 Å². The molecule has 2 amide bonds. The molecule has 0 aliphatic carbocycles. The molecular weight excluding hydrogens is 490 g/mol. The summed E-state index contributed by atoms with van der Waals surface area (Å²) >= 11 is 0. The SMILES string of the molecule is Cc1ccc(Nc2nc(-c3cccc(NC(=O)c4ccc(C(C)(C)C)cc4)c3C)cn(C)c2=O)cc1C(N)=O. The second kappa shape index (κ2) is 10.6. The number of nitrogens with two attached hydrogens (primary N) is 1. The molecule has 4 aromatic rings. The predicted molar refractivity (Wildman–Crippen MR) is 156 cm³/mol. The van der Waals surface area contributed by atoms with Crippen LogP contribution in [0.4, 0.5) is 17.2 Å². The van der Waals surface area contributed by atoms with Crippen LogP contribution in [-0.4, -0.2) is 21.4 Å². The molecule has 4 N–H and O–H groups in total. The van der Waals surface area contributed by atoms with Gasteiger partial charge in [-0.1, -0.05) is 51.1 Å². The van der Waals surface area contributed by atoms with E-state index in [2.05, 4.69) is 36.4 Å². The molecule has 4 rings (SSSR count). The number of aromatic nitrogens is 2. The lowest BCUT2D eigenvalue weighted by atomic mass is 9.86. The summed E-state index contributed by atoms with van der Waals surface area (Å²) in [6.45, 7) is 10.1. The van der Waals surface area contributed by atoms with E-state index in [1.54, 1.807) is 38.4 Å². The quantitative estimate of drug-likeness (QED) is 0.310. The highest BCUT2D eigenvalue weighted by Crippen LogP contribution is 2.29. The Bertz CT molecular complexity index is 1630. The molecule has 1 aromatic heterocycles. The van der Waals surface area contributed by atoms with Crippen molar-refractivity contribution < 1.29 is 9.59 Å². The van der Waals surface area contributed by atoms with Gasteiger partial charge in [-0.15, -0.1) is 0 Å². The first kappa shape index (κ1) is 27.3. The zero-order valence-corrected chi connectivity index (χ0v) is 23.0. The molecule has 0 bridgehead atoms. The average molecular weight is 524 g/mol. The fourth-order valence-electron chi connectivity index (χ4n) is 4.28. The Balaban J connectivity index is 1.64. The molecule has 0 unspecified atom stereocenters. The molecule has 0 saturated heterocycles. The van der Waals surface area contributed by atoms with E-state index in [-0.39, 0.29) is 22.7 Å². The van der Waals surface area contributed by atoms with E-state index in [0.717, 1.165) is 22.3 Å². The standard InChI is InChI=1S/C31H33N5O3/c1-18-10-15-22(16-24(18)27(32)37)33-28-30(39)36(6)17-26(34-28)23-8-7-9-25(19(23)2)35-29(38)20-11-13-21(14-12-20)31(3,4)5/h7-17H,1-6H3,(H2,32,37)(H,33,34)(H,35,38). The monoisotopic (exact) mass is 523 g/mol. The van der Waals surface area contributed by atoms with Crippen molar-refractivity contribution in [3.8, 4) is 11.3 Å². The summed E-state index contributed by atoms with van der Waals surface area (Å²) in [5, 5.41) is 6.03. The smallest absolute Gasteiger partial charge is 0.293 e. The van der Waals surface area contributed by atoms with Crippen LogP contribution in [0.2, 0.25) is 0 Å². The Hall–Kier alpha value is -4.72.